The van der Waals surface area contributed by atoms with Gasteiger partial charge < -0.3 is 16.4 Å². The molecule has 0 saturated carbocycles. The number of primary amides is 1. The second-order valence-corrected chi connectivity index (χ2v) is 5.36. The largest absolute Gasteiger partial charge is 0.366 e. The molecule has 22 heavy (non-hydrogen) atoms. The fourth-order valence-electron chi connectivity index (χ4n) is 2.66. The molecule has 5 heteroatoms. The van der Waals surface area contributed by atoms with Crippen LogP contribution >= 0.6 is 0 Å². The lowest BCUT2D eigenvalue weighted by molar-refractivity contribution is 0.100. The van der Waals surface area contributed by atoms with Gasteiger partial charge in [0, 0.05) is 16.9 Å². The minimum atomic E-state index is -0.492. The Morgan fingerprint density at radius 3 is 2.23 bits per heavy atom. The van der Waals surface area contributed by atoms with E-state index in [1.54, 1.807) is 24.3 Å². The second kappa shape index (κ2) is 5.89. The highest BCUT2D eigenvalue weighted by atomic mass is 16.2. The zero-order valence-corrected chi connectivity index (χ0v) is 12.1. The quantitative estimate of drug-likeness (QED) is 0.813. The summed E-state index contributed by atoms with van der Waals surface area (Å²) in [6, 6.07) is 12.1. The molecule has 2 aromatic rings. The number of hydrogen-bond donors (Lipinski definition) is 3. The third-order valence-electron chi connectivity index (χ3n) is 3.78. The lowest BCUT2D eigenvalue weighted by atomic mass is 10.1. The van der Waals surface area contributed by atoms with Gasteiger partial charge in [-0.3, -0.25) is 4.79 Å². The summed E-state index contributed by atoms with van der Waals surface area (Å²) >= 11 is 0. The molecule has 0 heterocycles. The van der Waals surface area contributed by atoms with Crippen LogP contribution in [0, 0.1) is 0 Å². The SMILES string of the molecule is NC(=O)c1ccc(NC(=O)Nc2ccc3c(c2)CCC3)cc1. The summed E-state index contributed by atoms with van der Waals surface area (Å²) in [5.41, 5.74) is 9.64. The topological polar surface area (TPSA) is 84.2 Å². The minimum Gasteiger partial charge on any atom is -0.366 e. The average Bonchev–Trinajstić information content (AvgIpc) is 2.95. The molecule has 5 nitrogen and oxygen atoms in total. The lowest BCUT2D eigenvalue weighted by Gasteiger charge is -2.09. The van der Waals surface area contributed by atoms with Gasteiger partial charge in [0.15, 0.2) is 0 Å². The van der Waals surface area contributed by atoms with Gasteiger partial charge in [-0.2, -0.15) is 0 Å². The van der Waals surface area contributed by atoms with E-state index in [0.29, 0.717) is 11.3 Å². The highest BCUT2D eigenvalue weighted by molar-refractivity contribution is 6.00. The van der Waals surface area contributed by atoms with E-state index >= 15 is 0 Å². The Kier molecular flexibility index (Phi) is 3.78. The molecule has 0 aliphatic heterocycles. The van der Waals surface area contributed by atoms with Crippen molar-refractivity contribution in [3.63, 3.8) is 0 Å². The van der Waals surface area contributed by atoms with Crippen LogP contribution in [0.25, 0.3) is 0 Å². The third-order valence-corrected chi connectivity index (χ3v) is 3.78. The van der Waals surface area contributed by atoms with Gasteiger partial charge in [-0.25, -0.2) is 4.79 Å². The Morgan fingerprint density at radius 1 is 0.864 bits per heavy atom. The molecule has 0 radical (unpaired) electrons. The lowest BCUT2D eigenvalue weighted by Crippen LogP contribution is -2.19. The number of fused-ring (bicyclic) bond motifs is 1. The van der Waals surface area contributed by atoms with E-state index in [1.165, 1.54) is 17.5 Å². The maximum Gasteiger partial charge on any atom is 0.323 e. The predicted octanol–water partition coefficient (Wildman–Crippen LogP) is 2.92. The highest BCUT2D eigenvalue weighted by Crippen LogP contribution is 2.25. The Morgan fingerprint density at radius 2 is 1.50 bits per heavy atom. The minimum absolute atomic E-state index is 0.315. The van der Waals surface area contributed by atoms with Crippen molar-refractivity contribution in [1.29, 1.82) is 0 Å². The summed E-state index contributed by atoms with van der Waals surface area (Å²) in [5.74, 6) is -0.492. The zero-order chi connectivity index (χ0) is 15.5. The third kappa shape index (κ3) is 3.09. The first kappa shape index (κ1) is 14.1. The van der Waals surface area contributed by atoms with Crippen molar-refractivity contribution >= 4 is 23.3 Å². The van der Waals surface area contributed by atoms with Crippen LogP contribution in [0.3, 0.4) is 0 Å². The Hall–Kier alpha value is -2.82. The molecule has 1 aliphatic carbocycles. The predicted molar refractivity (Wildman–Crippen MR) is 86.1 cm³/mol. The van der Waals surface area contributed by atoms with Gasteiger partial charge in [-0.05, 0) is 66.8 Å². The maximum absolute atomic E-state index is 12.0. The number of aryl methyl sites for hydroxylation is 2. The van der Waals surface area contributed by atoms with Gasteiger partial charge in [0.1, 0.15) is 0 Å². The molecule has 3 rings (SSSR count). The summed E-state index contributed by atoms with van der Waals surface area (Å²) in [6.07, 6.45) is 3.37. The number of benzene rings is 2. The molecule has 0 atom stereocenters. The molecule has 112 valence electrons. The van der Waals surface area contributed by atoms with Gasteiger partial charge in [0.25, 0.3) is 0 Å². The van der Waals surface area contributed by atoms with E-state index in [1.807, 2.05) is 12.1 Å². The van der Waals surface area contributed by atoms with Crippen molar-refractivity contribution in [3.05, 3.63) is 59.2 Å². The van der Waals surface area contributed by atoms with Crippen molar-refractivity contribution in [1.82, 2.24) is 0 Å². The fourth-order valence-corrected chi connectivity index (χ4v) is 2.66. The van der Waals surface area contributed by atoms with Crippen LogP contribution in [0.5, 0.6) is 0 Å². The molecule has 0 fully saturated rings. The van der Waals surface area contributed by atoms with E-state index in [9.17, 15) is 9.59 Å². The molecule has 2 aromatic carbocycles. The van der Waals surface area contributed by atoms with E-state index in [0.717, 1.165) is 18.5 Å². The van der Waals surface area contributed by atoms with Crippen LogP contribution in [0.2, 0.25) is 0 Å². The van der Waals surface area contributed by atoms with Crippen LogP contribution in [0.1, 0.15) is 27.9 Å². The Labute approximate surface area is 128 Å². The van der Waals surface area contributed by atoms with Gasteiger partial charge in [-0.1, -0.05) is 6.07 Å². The standard InChI is InChI=1S/C17H17N3O2/c18-16(21)12-5-7-14(8-6-12)19-17(22)20-15-9-4-11-2-1-3-13(11)10-15/h4-10H,1-3H2,(H2,18,21)(H2,19,20,22). The monoisotopic (exact) mass is 295 g/mol. The van der Waals surface area contributed by atoms with E-state index in [2.05, 4.69) is 16.7 Å². The number of nitrogens with one attached hydrogen (secondary N) is 2. The molecule has 0 unspecified atom stereocenters. The number of carbonyl (C=O) groups excluding carboxylic acids is 2. The second-order valence-electron chi connectivity index (χ2n) is 5.36. The highest BCUT2D eigenvalue weighted by Gasteiger charge is 2.11. The number of rotatable bonds is 3. The van der Waals surface area contributed by atoms with E-state index < -0.39 is 5.91 Å². The summed E-state index contributed by atoms with van der Waals surface area (Å²) in [4.78, 5) is 23.0. The summed E-state index contributed by atoms with van der Waals surface area (Å²) in [5, 5.41) is 5.54. The molecule has 0 spiro atoms. The number of nitrogens with two attached hydrogens (primary N) is 1. The smallest absolute Gasteiger partial charge is 0.323 e. The molecule has 0 bridgehead atoms. The molecular weight excluding hydrogens is 278 g/mol. The normalized spacial score (nSPS) is 12.5. The van der Waals surface area contributed by atoms with E-state index in [-0.39, 0.29) is 6.03 Å². The number of amides is 3. The Bertz CT molecular complexity index is 723. The number of anilines is 2. The van der Waals surface area contributed by atoms with Crippen LogP contribution in [-0.2, 0) is 12.8 Å². The van der Waals surface area contributed by atoms with Crippen molar-refractivity contribution in [2.45, 2.75) is 19.3 Å². The van der Waals surface area contributed by atoms with Crippen molar-refractivity contribution in [2.75, 3.05) is 10.6 Å². The Balaban J connectivity index is 1.63. The van der Waals surface area contributed by atoms with Gasteiger partial charge >= 0.3 is 6.03 Å². The van der Waals surface area contributed by atoms with Crippen LogP contribution in [-0.4, -0.2) is 11.9 Å². The number of urea groups is 1. The first-order chi connectivity index (χ1) is 10.6. The fraction of sp³-hybridized carbons (Fsp3) is 0.176. The van der Waals surface area contributed by atoms with Crippen molar-refractivity contribution in [2.24, 2.45) is 5.73 Å². The van der Waals surface area contributed by atoms with Gasteiger partial charge in [0.05, 0.1) is 0 Å². The van der Waals surface area contributed by atoms with Crippen LogP contribution in [0.15, 0.2) is 42.5 Å². The zero-order valence-electron chi connectivity index (χ0n) is 12.1. The van der Waals surface area contributed by atoms with Crippen molar-refractivity contribution < 1.29 is 9.59 Å². The molecule has 0 saturated heterocycles. The summed E-state index contributed by atoms with van der Waals surface area (Å²) < 4.78 is 0. The maximum atomic E-state index is 12.0. The average molecular weight is 295 g/mol. The molecule has 3 amide bonds. The van der Waals surface area contributed by atoms with Crippen molar-refractivity contribution in [3.8, 4) is 0 Å². The van der Waals surface area contributed by atoms with Gasteiger partial charge in [-0.15, -0.1) is 0 Å². The summed E-state index contributed by atoms with van der Waals surface area (Å²) in [7, 11) is 0. The number of hydrogen-bond acceptors (Lipinski definition) is 2. The number of carbonyl (C=O) groups is 2. The van der Waals surface area contributed by atoms with Crippen LogP contribution in [0.4, 0.5) is 16.2 Å². The van der Waals surface area contributed by atoms with E-state index in [4.69, 9.17) is 5.73 Å². The molecule has 0 aromatic heterocycles. The first-order valence-electron chi connectivity index (χ1n) is 7.21. The van der Waals surface area contributed by atoms with Gasteiger partial charge in [0.2, 0.25) is 5.91 Å². The summed E-state index contributed by atoms with van der Waals surface area (Å²) in [6.45, 7) is 0. The first-order valence-corrected chi connectivity index (χ1v) is 7.21. The molecular formula is C17H17N3O2. The van der Waals surface area contributed by atoms with Crippen LogP contribution < -0.4 is 16.4 Å². The molecule has 4 N–H and O–H groups in total. The molecule has 1 aliphatic rings.